The van der Waals surface area contributed by atoms with E-state index in [1.54, 1.807) is 0 Å². The van der Waals surface area contributed by atoms with Crippen LogP contribution in [0.1, 0.15) is 16.7 Å². The fourth-order valence-corrected chi connectivity index (χ4v) is 2.77. The highest BCUT2D eigenvalue weighted by atomic mass is 16.5. The van der Waals surface area contributed by atoms with Gasteiger partial charge in [0.25, 0.3) is 0 Å². The Morgan fingerprint density at radius 3 is 1.70 bits per heavy atom. The summed E-state index contributed by atoms with van der Waals surface area (Å²) in [7, 11) is 0. The number of hydrogen-bond donors (Lipinski definition) is 0. The first-order valence-corrected chi connectivity index (χ1v) is 9.15. The van der Waals surface area contributed by atoms with Crippen LogP contribution in [0.3, 0.4) is 0 Å². The Morgan fingerprint density at radius 2 is 1.15 bits per heavy atom. The quantitative estimate of drug-likeness (QED) is 0.530. The van der Waals surface area contributed by atoms with Gasteiger partial charge < -0.3 is 9.47 Å². The second-order valence-corrected chi connectivity index (χ2v) is 6.41. The molecule has 0 aliphatic carbocycles. The molecule has 0 aromatic heterocycles. The summed E-state index contributed by atoms with van der Waals surface area (Å²) in [5.41, 5.74) is 3.10. The second-order valence-electron chi connectivity index (χ2n) is 6.41. The average Bonchev–Trinajstić information content (AvgIpc) is 2.72. The first kappa shape index (κ1) is 19.0. The first-order valence-electron chi connectivity index (χ1n) is 9.15. The van der Waals surface area contributed by atoms with Crippen LogP contribution in [-0.2, 0) is 33.9 Å². The minimum atomic E-state index is -0.589. The Kier molecular flexibility index (Phi) is 7.34. The molecule has 0 N–H and O–H groups in total. The molecule has 27 heavy (non-hydrogen) atoms. The lowest BCUT2D eigenvalue weighted by Crippen LogP contribution is -2.31. The molecule has 0 radical (unpaired) electrons. The summed E-state index contributed by atoms with van der Waals surface area (Å²) >= 11 is 0. The van der Waals surface area contributed by atoms with Gasteiger partial charge in [0.05, 0.1) is 19.8 Å². The van der Waals surface area contributed by atoms with Crippen LogP contribution in [-0.4, -0.2) is 18.5 Å². The highest BCUT2D eigenvalue weighted by Gasteiger charge is 2.20. The van der Waals surface area contributed by atoms with Crippen molar-refractivity contribution in [3.63, 3.8) is 0 Å². The number of rotatable bonds is 10. The molecule has 1 atom stereocenters. The zero-order chi connectivity index (χ0) is 18.7. The Morgan fingerprint density at radius 1 is 0.667 bits per heavy atom. The van der Waals surface area contributed by atoms with Crippen LogP contribution in [0.4, 0.5) is 0 Å². The molecule has 0 spiro atoms. The summed E-state index contributed by atoms with van der Waals surface area (Å²) in [6.07, 6.45) is -0.247. The fourth-order valence-electron chi connectivity index (χ4n) is 2.77. The predicted octanol–water partition coefficient (Wildman–Crippen LogP) is 4.60. The second kappa shape index (κ2) is 10.4. The van der Waals surface area contributed by atoms with Gasteiger partial charge in [-0.15, -0.1) is 0 Å². The number of Topliss-reactive ketones (excluding diaryl/α,β-unsaturated/α-hetero) is 1. The van der Waals surface area contributed by atoms with E-state index in [1.165, 1.54) is 0 Å². The third-order valence-corrected chi connectivity index (χ3v) is 4.26. The summed E-state index contributed by atoms with van der Waals surface area (Å²) in [6, 6.07) is 29.5. The average molecular weight is 360 g/mol. The summed E-state index contributed by atoms with van der Waals surface area (Å²) < 4.78 is 11.7. The van der Waals surface area contributed by atoms with Gasteiger partial charge in [-0.05, 0) is 16.7 Å². The molecule has 3 aromatic carbocycles. The van der Waals surface area contributed by atoms with Crippen molar-refractivity contribution in [1.29, 1.82) is 0 Å². The van der Waals surface area contributed by atoms with E-state index in [-0.39, 0.29) is 12.4 Å². The lowest BCUT2D eigenvalue weighted by molar-refractivity contribution is -0.135. The number of carbonyl (C=O) groups excluding carboxylic acids is 1. The van der Waals surface area contributed by atoms with Crippen LogP contribution in [0.2, 0.25) is 0 Å². The molecule has 0 fully saturated rings. The molecule has 1 unspecified atom stereocenters. The van der Waals surface area contributed by atoms with E-state index in [0.29, 0.717) is 19.6 Å². The molecule has 0 aliphatic rings. The molecule has 0 saturated carbocycles. The van der Waals surface area contributed by atoms with E-state index < -0.39 is 6.10 Å². The molecule has 138 valence electrons. The molecule has 0 amide bonds. The van der Waals surface area contributed by atoms with Crippen LogP contribution >= 0.6 is 0 Å². The molecule has 0 bridgehead atoms. The van der Waals surface area contributed by atoms with Crippen molar-refractivity contribution in [2.24, 2.45) is 0 Å². The van der Waals surface area contributed by atoms with Gasteiger partial charge in [-0.1, -0.05) is 91.0 Å². The van der Waals surface area contributed by atoms with Gasteiger partial charge in [0.1, 0.15) is 6.10 Å². The van der Waals surface area contributed by atoms with Gasteiger partial charge in [0.15, 0.2) is 5.78 Å². The third kappa shape index (κ3) is 6.48. The summed E-state index contributed by atoms with van der Waals surface area (Å²) in [5, 5.41) is 0. The molecular formula is C24H24O3. The monoisotopic (exact) mass is 360 g/mol. The zero-order valence-corrected chi connectivity index (χ0v) is 15.3. The summed E-state index contributed by atoms with van der Waals surface area (Å²) in [4.78, 5) is 12.8. The highest BCUT2D eigenvalue weighted by Crippen LogP contribution is 2.10. The van der Waals surface area contributed by atoms with Crippen molar-refractivity contribution in [3.8, 4) is 0 Å². The van der Waals surface area contributed by atoms with Crippen molar-refractivity contribution in [3.05, 3.63) is 108 Å². The number of carbonyl (C=O) groups is 1. The number of ketones is 1. The smallest absolute Gasteiger partial charge is 0.168 e. The maximum Gasteiger partial charge on any atom is 0.168 e. The largest absolute Gasteiger partial charge is 0.374 e. The van der Waals surface area contributed by atoms with Crippen molar-refractivity contribution in [2.75, 3.05) is 6.61 Å². The molecule has 3 aromatic rings. The lowest BCUT2D eigenvalue weighted by atomic mass is 10.1. The van der Waals surface area contributed by atoms with Gasteiger partial charge in [-0.25, -0.2) is 0 Å². The molecule has 0 aliphatic heterocycles. The van der Waals surface area contributed by atoms with Gasteiger partial charge in [0, 0.05) is 6.42 Å². The van der Waals surface area contributed by atoms with Crippen LogP contribution < -0.4 is 0 Å². The first-order chi connectivity index (χ1) is 13.3. The fraction of sp³-hybridized carbons (Fsp3) is 0.208. The van der Waals surface area contributed by atoms with E-state index in [4.69, 9.17) is 9.47 Å². The van der Waals surface area contributed by atoms with E-state index in [9.17, 15) is 4.79 Å². The molecule has 3 heteroatoms. The van der Waals surface area contributed by atoms with Crippen LogP contribution in [0.15, 0.2) is 91.0 Å². The number of hydrogen-bond acceptors (Lipinski definition) is 3. The van der Waals surface area contributed by atoms with E-state index in [2.05, 4.69) is 0 Å². The zero-order valence-electron chi connectivity index (χ0n) is 15.3. The maximum atomic E-state index is 12.8. The van der Waals surface area contributed by atoms with Crippen LogP contribution in [0.25, 0.3) is 0 Å². The summed E-state index contributed by atoms with van der Waals surface area (Å²) in [5.74, 6) is 0.0326. The van der Waals surface area contributed by atoms with E-state index in [1.807, 2.05) is 91.0 Å². The standard InChI is InChI=1S/C24H24O3/c25-23(16-20-10-4-1-5-11-20)24(27-18-22-14-8-3-9-15-22)19-26-17-21-12-6-2-7-13-21/h1-15,24H,16-19H2. The van der Waals surface area contributed by atoms with Crippen molar-refractivity contribution >= 4 is 5.78 Å². The minimum absolute atomic E-state index is 0.0326. The predicted molar refractivity (Wildman–Crippen MR) is 106 cm³/mol. The van der Waals surface area contributed by atoms with Crippen LogP contribution in [0.5, 0.6) is 0 Å². The van der Waals surface area contributed by atoms with Crippen molar-refractivity contribution < 1.29 is 14.3 Å². The number of ether oxygens (including phenoxy) is 2. The number of benzene rings is 3. The molecule has 3 nitrogen and oxygen atoms in total. The molecule has 0 saturated heterocycles. The Labute approximate surface area is 160 Å². The molecular weight excluding hydrogens is 336 g/mol. The van der Waals surface area contributed by atoms with Gasteiger partial charge in [0.2, 0.25) is 0 Å². The van der Waals surface area contributed by atoms with Crippen molar-refractivity contribution in [1.82, 2.24) is 0 Å². The normalized spacial score (nSPS) is 11.9. The lowest BCUT2D eigenvalue weighted by Gasteiger charge is -2.17. The van der Waals surface area contributed by atoms with Gasteiger partial charge in [-0.2, -0.15) is 0 Å². The summed E-state index contributed by atoms with van der Waals surface area (Å²) in [6.45, 7) is 1.10. The third-order valence-electron chi connectivity index (χ3n) is 4.26. The van der Waals surface area contributed by atoms with Crippen molar-refractivity contribution in [2.45, 2.75) is 25.7 Å². The molecule has 3 rings (SSSR count). The van der Waals surface area contributed by atoms with E-state index in [0.717, 1.165) is 16.7 Å². The van der Waals surface area contributed by atoms with Gasteiger partial charge >= 0.3 is 0 Å². The molecule has 0 heterocycles. The van der Waals surface area contributed by atoms with Crippen LogP contribution in [0, 0.1) is 0 Å². The van der Waals surface area contributed by atoms with Gasteiger partial charge in [-0.3, -0.25) is 4.79 Å². The minimum Gasteiger partial charge on any atom is -0.374 e. The SMILES string of the molecule is O=C(Cc1ccccc1)C(COCc1ccccc1)OCc1ccccc1. The maximum absolute atomic E-state index is 12.8. The highest BCUT2D eigenvalue weighted by molar-refractivity contribution is 5.85. The topological polar surface area (TPSA) is 35.5 Å². The van der Waals surface area contributed by atoms with E-state index >= 15 is 0 Å². The Bertz CT molecular complexity index is 801. The Balaban J connectivity index is 1.59. The Hall–Kier alpha value is -2.75.